The molecule has 0 aliphatic carbocycles. The van der Waals surface area contributed by atoms with Gasteiger partial charge in [-0.1, -0.05) is 63.2 Å². The lowest BCUT2D eigenvalue weighted by molar-refractivity contribution is -0.123. The molecule has 0 unspecified atom stereocenters. The van der Waals surface area contributed by atoms with Gasteiger partial charge in [0.15, 0.2) is 6.61 Å². The Morgan fingerprint density at radius 1 is 1.08 bits per heavy atom. The van der Waals surface area contributed by atoms with E-state index in [0.717, 1.165) is 16.9 Å². The normalized spacial score (nSPS) is 12.5. The van der Waals surface area contributed by atoms with E-state index in [4.69, 9.17) is 4.74 Å². The molecule has 0 radical (unpaired) electrons. The van der Waals surface area contributed by atoms with Crippen LogP contribution in [0.15, 0.2) is 48.5 Å². The lowest BCUT2D eigenvalue weighted by Gasteiger charge is -2.21. The molecule has 0 saturated heterocycles. The van der Waals surface area contributed by atoms with E-state index in [1.54, 1.807) is 0 Å². The highest BCUT2D eigenvalue weighted by molar-refractivity contribution is 5.78. The number of carbonyl (C=O) groups is 1. The SMILES string of the molecule is Cc1ccccc1OCC(=O)N[C@H](C)c1ccc(C(C)(C)C)cc1. The van der Waals surface area contributed by atoms with E-state index in [2.05, 4.69) is 50.4 Å². The summed E-state index contributed by atoms with van der Waals surface area (Å²) in [6.07, 6.45) is 0. The number of ether oxygens (including phenoxy) is 1. The standard InChI is InChI=1S/C21H27NO2/c1-15-8-6-7-9-19(15)24-14-20(23)22-16(2)17-10-12-18(13-11-17)21(3,4)5/h6-13,16H,14H2,1-5H3,(H,22,23)/t16-/m1/s1. The number of benzene rings is 2. The van der Waals surface area contributed by atoms with E-state index in [1.807, 2.05) is 38.1 Å². The molecule has 2 aromatic rings. The van der Waals surface area contributed by atoms with Crippen molar-refractivity contribution in [3.63, 3.8) is 0 Å². The predicted molar refractivity (Wildman–Crippen MR) is 98.4 cm³/mol. The van der Waals surface area contributed by atoms with Gasteiger partial charge in [0.2, 0.25) is 0 Å². The number of nitrogens with one attached hydrogen (secondary N) is 1. The van der Waals surface area contributed by atoms with Gasteiger partial charge in [-0.15, -0.1) is 0 Å². The highest BCUT2D eigenvalue weighted by atomic mass is 16.5. The second-order valence-electron chi connectivity index (χ2n) is 7.22. The van der Waals surface area contributed by atoms with Crippen molar-refractivity contribution in [1.29, 1.82) is 0 Å². The summed E-state index contributed by atoms with van der Waals surface area (Å²) in [7, 11) is 0. The van der Waals surface area contributed by atoms with Gasteiger partial charge in [-0.05, 0) is 42.0 Å². The van der Waals surface area contributed by atoms with E-state index >= 15 is 0 Å². The molecule has 0 saturated carbocycles. The number of rotatable bonds is 5. The first-order valence-corrected chi connectivity index (χ1v) is 8.35. The minimum atomic E-state index is -0.120. The number of carbonyl (C=O) groups excluding carboxylic acids is 1. The van der Waals surface area contributed by atoms with Crippen molar-refractivity contribution < 1.29 is 9.53 Å². The summed E-state index contributed by atoms with van der Waals surface area (Å²) in [4.78, 5) is 12.1. The van der Waals surface area contributed by atoms with Crippen molar-refractivity contribution in [3.05, 3.63) is 65.2 Å². The number of hydrogen-bond acceptors (Lipinski definition) is 2. The summed E-state index contributed by atoms with van der Waals surface area (Å²) >= 11 is 0. The van der Waals surface area contributed by atoms with Gasteiger partial charge in [0.1, 0.15) is 5.75 Å². The van der Waals surface area contributed by atoms with Gasteiger partial charge in [-0.2, -0.15) is 0 Å². The second kappa shape index (κ2) is 7.52. The first-order chi connectivity index (χ1) is 11.3. The first kappa shape index (κ1) is 18.1. The maximum atomic E-state index is 12.1. The van der Waals surface area contributed by atoms with E-state index in [-0.39, 0.29) is 24.0 Å². The predicted octanol–water partition coefficient (Wildman–Crippen LogP) is 4.55. The molecule has 24 heavy (non-hydrogen) atoms. The Labute approximate surface area is 145 Å². The van der Waals surface area contributed by atoms with Crippen LogP contribution in [0.25, 0.3) is 0 Å². The lowest BCUT2D eigenvalue weighted by atomic mass is 9.86. The smallest absolute Gasteiger partial charge is 0.258 e. The molecule has 0 fully saturated rings. The summed E-state index contributed by atoms with van der Waals surface area (Å²) in [6.45, 7) is 10.5. The zero-order valence-electron chi connectivity index (χ0n) is 15.2. The second-order valence-corrected chi connectivity index (χ2v) is 7.22. The molecule has 0 spiro atoms. The largest absolute Gasteiger partial charge is 0.484 e. The van der Waals surface area contributed by atoms with Gasteiger partial charge in [0.25, 0.3) is 5.91 Å². The van der Waals surface area contributed by atoms with Crippen molar-refractivity contribution >= 4 is 5.91 Å². The van der Waals surface area contributed by atoms with Crippen molar-refractivity contribution in [2.75, 3.05) is 6.61 Å². The number of hydrogen-bond donors (Lipinski definition) is 1. The summed E-state index contributed by atoms with van der Waals surface area (Å²) in [5.41, 5.74) is 3.53. The Morgan fingerprint density at radius 3 is 2.29 bits per heavy atom. The summed E-state index contributed by atoms with van der Waals surface area (Å²) in [5.74, 6) is 0.625. The van der Waals surface area contributed by atoms with Crippen molar-refractivity contribution in [1.82, 2.24) is 5.32 Å². The van der Waals surface area contributed by atoms with Crippen LogP contribution >= 0.6 is 0 Å². The minimum Gasteiger partial charge on any atom is -0.484 e. The van der Waals surface area contributed by atoms with Crippen molar-refractivity contribution in [3.8, 4) is 5.75 Å². The molecular formula is C21H27NO2. The maximum Gasteiger partial charge on any atom is 0.258 e. The first-order valence-electron chi connectivity index (χ1n) is 8.35. The lowest BCUT2D eigenvalue weighted by Crippen LogP contribution is -2.31. The summed E-state index contributed by atoms with van der Waals surface area (Å²) in [5, 5.41) is 2.98. The average molecular weight is 325 g/mol. The molecule has 0 aliphatic rings. The minimum absolute atomic E-state index is 0.0231. The fourth-order valence-electron chi connectivity index (χ4n) is 2.50. The average Bonchev–Trinajstić information content (AvgIpc) is 2.53. The number of aryl methyl sites for hydroxylation is 1. The van der Waals surface area contributed by atoms with Crippen LogP contribution in [0, 0.1) is 6.92 Å². The molecule has 0 aliphatic heterocycles. The zero-order chi connectivity index (χ0) is 17.7. The molecule has 1 atom stereocenters. The van der Waals surface area contributed by atoms with Crippen LogP contribution < -0.4 is 10.1 Å². The van der Waals surface area contributed by atoms with E-state index in [9.17, 15) is 4.79 Å². The topological polar surface area (TPSA) is 38.3 Å². The van der Waals surface area contributed by atoms with Crippen LogP contribution in [0.1, 0.15) is 50.4 Å². The number of amides is 1. The number of para-hydroxylation sites is 1. The highest BCUT2D eigenvalue weighted by Crippen LogP contribution is 2.24. The molecule has 3 nitrogen and oxygen atoms in total. The molecular weight excluding hydrogens is 298 g/mol. The molecule has 1 amide bonds. The van der Waals surface area contributed by atoms with Crippen LogP contribution in [0.5, 0.6) is 5.75 Å². The van der Waals surface area contributed by atoms with Crippen LogP contribution in [-0.4, -0.2) is 12.5 Å². The molecule has 2 rings (SSSR count). The van der Waals surface area contributed by atoms with Gasteiger partial charge >= 0.3 is 0 Å². The van der Waals surface area contributed by atoms with Gasteiger partial charge in [0.05, 0.1) is 6.04 Å². The van der Waals surface area contributed by atoms with Crippen molar-refractivity contribution in [2.24, 2.45) is 0 Å². The van der Waals surface area contributed by atoms with Crippen LogP contribution in [-0.2, 0) is 10.2 Å². The van der Waals surface area contributed by atoms with E-state index < -0.39 is 0 Å². The molecule has 128 valence electrons. The molecule has 3 heteroatoms. The Kier molecular flexibility index (Phi) is 5.66. The van der Waals surface area contributed by atoms with Crippen molar-refractivity contribution in [2.45, 2.75) is 46.1 Å². The molecule has 0 bridgehead atoms. The Morgan fingerprint density at radius 2 is 1.71 bits per heavy atom. The molecule has 1 N–H and O–H groups in total. The Hall–Kier alpha value is -2.29. The van der Waals surface area contributed by atoms with Crippen LogP contribution in [0.2, 0.25) is 0 Å². The van der Waals surface area contributed by atoms with Gasteiger partial charge in [-0.3, -0.25) is 4.79 Å². The van der Waals surface area contributed by atoms with E-state index in [0.29, 0.717) is 0 Å². The molecule has 0 heterocycles. The highest BCUT2D eigenvalue weighted by Gasteiger charge is 2.15. The maximum absolute atomic E-state index is 12.1. The summed E-state index contributed by atoms with van der Waals surface area (Å²) in [6, 6.07) is 16.0. The van der Waals surface area contributed by atoms with E-state index in [1.165, 1.54) is 5.56 Å². The molecule has 0 aromatic heterocycles. The van der Waals surface area contributed by atoms with Gasteiger partial charge in [-0.25, -0.2) is 0 Å². The van der Waals surface area contributed by atoms with Gasteiger partial charge < -0.3 is 10.1 Å². The Balaban J connectivity index is 1.90. The Bertz CT molecular complexity index is 684. The van der Waals surface area contributed by atoms with Crippen LogP contribution in [0.4, 0.5) is 0 Å². The third kappa shape index (κ3) is 4.85. The monoisotopic (exact) mass is 325 g/mol. The molecule has 2 aromatic carbocycles. The third-order valence-electron chi connectivity index (χ3n) is 4.11. The fourth-order valence-corrected chi connectivity index (χ4v) is 2.50. The summed E-state index contributed by atoms with van der Waals surface area (Å²) < 4.78 is 5.59. The quantitative estimate of drug-likeness (QED) is 0.876. The zero-order valence-corrected chi connectivity index (χ0v) is 15.2. The van der Waals surface area contributed by atoms with Crippen LogP contribution in [0.3, 0.4) is 0 Å². The van der Waals surface area contributed by atoms with Gasteiger partial charge in [0, 0.05) is 0 Å². The third-order valence-corrected chi connectivity index (χ3v) is 4.11. The fraction of sp³-hybridized carbons (Fsp3) is 0.381.